The summed E-state index contributed by atoms with van der Waals surface area (Å²) in [6, 6.07) is 7.33. The van der Waals surface area contributed by atoms with Crippen LogP contribution in [-0.2, 0) is 10.5 Å². The third-order valence-electron chi connectivity index (χ3n) is 2.46. The Balaban J connectivity index is 2.72. The van der Waals surface area contributed by atoms with E-state index in [4.69, 9.17) is 18.0 Å². The first-order valence-corrected chi connectivity index (χ1v) is 6.42. The van der Waals surface area contributed by atoms with Crippen molar-refractivity contribution in [1.29, 1.82) is 0 Å². The molecule has 0 aromatic heterocycles. The van der Waals surface area contributed by atoms with Crippen molar-refractivity contribution in [1.82, 2.24) is 5.32 Å². The Bertz CT molecular complexity index is 403. The van der Waals surface area contributed by atoms with Crippen LogP contribution in [0.4, 0.5) is 0 Å². The Labute approximate surface area is 112 Å². The van der Waals surface area contributed by atoms with Crippen LogP contribution in [0.2, 0.25) is 0 Å². The summed E-state index contributed by atoms with van der Waals surface area (Å²) in [7, 11) is 0. The van der Waals surface area contributed by atoms with Crippen molar-refractivity contribution in [2.24, 2.45) is 5.73 Å². The van der Waals surface area contributed by atoms with E-state index in [9.17, 15) is 4.79 Å². The molecule has 1 aromatic carbocycles. The number of carbonyl (C=O) groups excluding carboxylic acids is 1. The van der Waals surface area contributed by atoms with E-state index in [1.54, 1.807) is 0 Å². The number of carbonyl (C=O) groups is 1. The highest BCUT2D eigenvalue weighted by Gasteiger charge is 2.14. The van der Waals surface area contributed by atoms with E-state index in [2.05, 4.69) is 17.9 Å². The maximum absolute atomic E-state index is 11.1. The summed E-state index contributed by atoms with van der Waals surface area (Å²) in [5, 5.41) is 2.96. The summed E-state index contributed by atoms with van der Waals surface area (Å²) >= 11 is 9.41. The Hall–Kier alpha value is -1.07. The molecule has 5 heteroatoms. The number of hydrogen-bond donors (Lipinski definition) is 3. The second-order valence-corrected chi connectivity index (χ2v) is 4.42. The van der Waals surface area contributed by atoms with Crippen molar-refractivity contribution in [3.63, 3.8) is 0 Å². The summed E-state index contributed by atoms with van der Waals surface area (Å²) in [5.41, 5.74) is 7.25. The lowest BCUT2D eigenvalue weighted by atomic mass is 10.1. The van der Waals surface area contributed by atoms with Crippen molar-refractivity contribution in [2.75, 3.05) is 0 Å². The van der Waals surface area contributed by atoms with E-state index in [0.717, 1.165) is 11.1 Å². The topological polar surface area (TPSA) is 55.1 Å². The SMILES string of the molecule is CCC(NC(=S)c1ccc(CS)cc1)C(N)=O. The number of hydrogen-bond acceptors (Lipinski definition) is 3. The summed E-state index contributed by atoms with van der Waals surface area (Å²) in [4.78, 5) is 11.6. The third-order valence-corrected chi connectivity index (χ3v) is 3.17. The molecule has 0 heterocycles. The van der Waals surface area contributed by atoms with Crippen molar-refractivity contribution in [2.45, 2.75) is 25.1 Å². The zero-order valence-corrected chi connectivity index (χ0v) is 11.4. The molecule has 0 radical (unpaired) electrons. The Kier molecular flexibility index (Phi) is 5.44. The van der Waals surface area contributed by atoms with Gasteiger partial charge in [0.25, 0.3) is 0 Å². The molecule has 1 rings (SSSR count). The van der Waals surface area contributed by atoms with Crippen LogP contribution >= 0.6 is 24.8 Å². The molecule has 0 saturated carbocycles. The van der Waals surface area contributed by atoms with Crippen LogP contribution in [-0.4, -0.2) is 16.9 Å². The van der Waals surface area contributed by atoms with Gasteiger partial charge in [-0.25, -0.2) is 0 Å². The molecule has 0 aliphatic rings. The molecule has 3 nitrogen and oxygen atoms in total. The van der Waals surface area contributed by atoms with Gasteiger partial charge in [0, 0.05) is 11.3 Å². The Morgan fingerprint density at radius 2 is 2.06 bits per heavy atom. The first-order valence-electron chi connectivity index (χ1n) is 5.38. The number of rotatable bonds is 5. The van der Waals surface area contributed by atoms with Crippen LogP contribution in [0.5, 0.6) is 0 Å². The average molecular weight is 268 g/mol. The van der Waals surface area contributed by atoms with Gasteiger partial charge in [0.2, 0.25) is 5.91 Å². The number of primary amides is 1. The molecule has 1 atom stereocenters. The number of thiol groups is 1. The van der Waals surface area contributed by atoms with Crippen LogP contribution in [0, 0.1) is 0 Å². The van der Waals surface area contributed by atoms with Crippen molar-refractivity contribution >= 4 is 35.7 Å². The fraction of sp³-hybridized carbons (Fsp3) is 0.333. The van der Waals surface area contributed by atoms with Crippen LogP contribution in [0.1, 0.15) is 24.5 Å². The predicted molar refractivity (Wildman–Crippen MR) is 77.2 cm³/mol. The van der Waals surface area contributed by atoms with E-state index in [1.807, 2.05) is 31.2 Å². The predicted octanol–water partition coefficient (Wildman–Crippen LogP) is 1.65. The van der Waals surface area contributed by atoms with E-state index >= 15 is 0 Å². The Morgan fingerprint density at radius 3 is 2.47 bits per heavy atom. The fourth-order valence-corrected chi connectivity index (χ4v) is 1.87. The third kappa shape index (κ3) is 4.02. The molecule has 0 spiro atoms. The number of nitrogens with two attached hydrogens (primary N) is 1. The van der Waals surface area contributed by atoms with Gasteiger partial charge in [0.15, 0.2) is 0 Å². The Morgan fingerprint density at radius 1 is 1.47 bits per heavy atom. The first-order chi connectivity index (χ1) is 8.08. The summed E-state index contributed by atoms with van der Waals surface area (Å²) < 4.78 is 0. The zero-order valence-electron chi connectivity index (χ0n) is 9.64. The number of benzene rings is 1. The first kappa shape index (κ1) is 14.0. The van der Waals surface area contributed by atoms with Crippen molar-refractivity contribution < 1.29 is 4.79 Å². The molecule has 0 bridgehead atoms. The minimum absolute atomic E-state index is 0.387. The summed E-state index contributed by atoms with van der Waals surface area (Å²) in [5.74, 6) is 0.307. The van der Waals surface area contributed by atoms with Gasteiger partial charge >= 0.3 is 0 Å². The minimum atomic E-state index is -0.410. The highest BCUT2D eigenvalue weighted by atomic mass is 32.1. The van der Waals surface area contributed by atoms with Gasteiger partial charge in [-0.3, -0.25) is 4.79 Å². The molecule has 0 saturated heterocycles. The summed E-state index contributed by atoms with van der Waals surface area (Å²) in [6.07, 6.45) is 0.615. The quantitative estimate of drug-likeness (QED) is 0.562. The molecule has 0 fully saturated rings. The maximum Gasteiger partial charge on any atom is 0.239 e. The average Bonchev–Trinajstić information content (AvgIpc) is 2.35. The van der Waals surface area contributed by atoms with Crippen molar-refractivity contribution in [3.8, 4) is 0 Å². The molecule has 3 N–H and O–H groups in total. The second-order valence-electron chi connectivity index (χ2n) is 3.69. The minimum Gasteiger partial charge on any atom is -0.368 e. The molecule has 92 valence electrons. The van der Waals surface area contributed by atoms with Crippen LogP contribution < -0.4 is 11.1 Å². The number of amides is 1. The second kappa shape index (κ2) is 6.61. The van der Waals surface area contributed by atoms with E-state index in [1.165, 1.54) is 0 Å². The molecular formula is C12H16N2OS2. The largest absolute Gasteiger partial charge is 0.368 e. The summed E-state index contributed by atoms with van der Waals surface area (Å²) in [6.45, 7) is 1.88. The normalized spacial score (nSPS) is 11.9. The lowest BCUT2D eigenvalue weighted by Gasteiger charge is -2.15. The molecule has 1 unspecified atom stereocenters. The number of nitrogens with one attached hydrogen (secondary N) is 1. The lowest BCUT2D eigenvalue weighted by Crippen LogP contribution is -2.43. The highest BCUT2D eigenvalue weighted by molar-refractivity contribution is 7.80. The highest BCUT2D eigenvalue weighted by Crippen LogP contribution is 2.07. The lowest BCUT2D eigenvalue weighted by molar-refractivity contribution is -0.119. The van der Waals surface area contributed by atoms with Crippen molar-refractivity contribution in [3.05, 3.63) is 35.4 Å². The van der Waals surface area contributed by atoms with Gasteiger partial charge < -0.3 is 11.1 Å². The molecule has 0 aliphatic heterocycles. The standard InChI is InChI=1S/C12H16N2OS2/c1-2-10(11(13)15)14-12(17)9-5-3-8(7-16)4-6-9/h3-6,10,16H,2,7H2,1H3,(H2,13,15)(H,14,17). The molecule has 0 aliphatic carbocycles. The van der Waals surface area contributed by atoms with Gasteiger partial charge in [-0.05, 0) is 12.0 Å². The van der Waals surface area contributed by atoms with Crippen LogP contribution in [0.25, 0.3) is 0 Å². The molecule has 1 aromatic rings. The molecular weight excluding hydrogens is 252 g/mol. The van der Waals surface area contributed by atoms with Crippen LogP contribution in [0.3, 0.4) is 0 Å². The smallest absolute Gasteiger partial charge is 0.239 e. The maximum atomic E-state index is 11.1. The van der Waals surface area contributed by atoms with E-state index in [0.29, 0.717) is 17.2 Å². The van der Waals surface area contributed by atoms with Crippen LogP contribution in [0.15, 0.2) is 24.3 Å². The number of thiocarbonyl (C=S) groups is 1. The fourth-order valence-electron chi connectivity index (χ4n) is 1.38. The van der Waals surface area contributed by atoms with Gasteiger partial charge in [-0.1, -0.05) is 43.4 Å². The van der Waals surface area contributed by atoms with E-state index < -0.39 is 6.04 Å². The monoisotopic (exact) mass is 268 g/mol. The van der Waals surface area contributed by atoms with Gasteiger partial charge in [-0.15, -0.1) is 0 Å². The molecule has 17 heavy (non-hydrogen) atoms. The molecule has 1 amide bonds. The van der Waals surface area contributed by atoms with Gasteiger partial charge in [0.1, 0.15) is 11.0 Å². The van der Waals surface area contributed by atoms with E-state index in [-0.39, 0.29) is 5.91 Å². The van der Waals surface area contributed by atoms with Gasteiger partial charge in [0.05, 0.1) is 0 Å². The van der Waals surface area contributed by atoms with Gasteiger partial charge in [-0.2, -0.15) is 12.6 Å². The zero-order chi connectivity index (χ0) is 12.8.